The monoisotopic (exact) mass is 350 g/mol. The molecule has 1 aliphatic heterocycles. The summed E-state index contributed by atoms with van der Waals surface area (Å²) in [7, 11) is 1.59. The van der Waals surface area contributed by atoms with E-state index in [4.69, 9.17) is 4.74 Å². The normalized spacial score (nSPS) is 17.7. The van der Waals surface area contributed by atoms with Crippen LogP contribution in [0.3, 0.4) is 0 Å². The van der Waals surface area contributed by atoms with Crippen molar-refractivity contribution >= 4 is 11.6 Å². The van der Waals surface area contributed by atoms with E-state index in [9.17, 15) is 4.79 Å². The number of ether oxygens (including phenoxy) is 1. The summed E-state index contributed by atoms with van der Waals surface area (Å²) in [6.45, 7) is 2.28. The van der Waals surface area contributed by atoms with Gasteiger partial charge in [0, 0.05) is 24.8 Å². The predicted molar refractivity (Wildman–Crippen MR) is 104 cm³/mol. The quantitative estimate of drug-likeness (QED) is 0.909. The maximum atomic E-state index is 12.6. The van der Waals surface area contributed by atoms with Crippen LogP contribution in [0.15, 0.2) is 42.5 Å². The minimum atomic E-state index is -0.132. The molecule has 4 rings (SSSR count). The molecular weight excluding hydrogens is 324 g/mol. The SMILES string of the molecule is COc1ccccc1C(=O)Nc1ccc2c(c1)CCN(C1CCC1)CC2. The van der Waals surface area contributed by atoms with E-state index < -0.39 is 0 Å². The minimum absolute atomic E-state index is 0.132. The molecule has 4 heteroatoms. The topological polar surface area (TPSA) is 41.6 Å². The number of rotatable bonds is 4. The standard InChI is InChI=1S/C22H26N2O2/c1-26-21-8-3-2-7-20(21)22(25)23-18-10-9-16-11-13-24(19-5-4-6-19)14-12-17(16)15-18/h2-3,7-10,15,19H,4-6,11-14H2,1H3,(H,23,25). The van der Waals surface area contributed by atoms with Crippen molar-refractivity contribution < 1.29 is 9.53 Å². The van der Waals surface area contributed by atoms with Crippen molar-refractivity contribution in [3.8, 4) is 5.75 Å². The number of amides is 1. The van der Waals surface area contributed by atoms with E-state index in [0.29, 0.717) is 11.3 Å². The van der Waals surface area contributed by atoms with Gasteiger partial charge in [0.25, 0.3) is 5.91 Å². The first-order valence-corrected chi connectivity index (χ1v) is 9.55. The average Bonchev–Trinajstić information content (AvgIpc) is 2.83. The van der Waals surface area contributed by atoms with Crippen LogP contribution in [0.2, 0.25) is 0 Å². The molecule has 1 N–H and O–H groups in total. The number of hydrogen-bond acceptors (Lipinski definition) is 3. The number of benzene rings is 2. The van der Waals surface area contributed by atoms with Crippen LogP contribution in [0.4, 0.5) is 5.69 Å². The minimum Gasteiger partial charge on any atom is -0.496 e. The Balaban J connectivity index is 1.47. The molecule has 1 saturated carbocycles. The Bertz CT molecular complexity index is 798. The van der Waals surface area contributed by atoms with E-state index in [0.717, 1.165) is 37.7 Å². The molecular formula is C22H26N2O2. The summed E-state index contributed by atoms with van der Waals surface area (Å²) in [5.41, 5.74) is 4.20. The van der Waals surface area contributed by atoms with Gasteiger partial charge >= 0.3 is 0 Å². The molecule has 2 aromatic rings. The van der Waals surface area contributed by atoms with Gasteiger partial charge in [-0.2, -0.15) is 0 Å². The fourth-order valence-electron chi connectivity index (χ4n) is 3.97. The zero-order valence-corrected chi connectivity index (χ0v) is 15.3. The summed E-state index contributed by atoms with van der Waals surface area (Å²) < 4.78 is 5.30. The van der Waals surface area contributed by atoms with Gasteiger partial charge in [0.15, 0.2) is 0 Å². The van der Waals surface area contributed by atoms with Crippen LogP contribution in [0, 0.1) is 0 Å². The van der Waals surface area contributed by atoms with Gasteiger partial charge in [-0.15, -0.1) is 0 Å². The Morgan fingerprint density at radius 3 is 2.58 bits per heavy atom. The fraction of sp³-hybridized carbons (Fsp3) is 0.409. The van der Waals surface area contributed by atoms with Crippen molar-refractivity contribution in [1.29, 1.82) is 0 Å². The highest BCUT2D eigenvalue weighted by Gasteiger charge is 2.26. The van der Waals surface area contributed by atoms with Crippen molar-refractivity contribution in [3.63, 3.8) is 0 Å². The van der Waals surface area contributed by atoms with Crippen LogP contribution in [0.1, 0.15) is 40.7 Å². The summed E-state index contributed by atoms with van der Waals surface area (Å²) in [5, 5.41) is 3.03. The Morgan fingerprint density at radius 1 is 1.08 bits per heavy atom. The number of methoxy groups -OCH3 is 1. The van der Waals surface area contributed by atoms with E-state index in [1.165, 1.54) is 30.4 Å². The lowest BCUT2D eigenvalue weighted by Crippen LogP contribution is -2.41. The van der Waals surface area contributed by atoms with Gasteiger partial charge in [0.2, 0.25) is 0 Å². The molecule has 26 heavy (non-hydrogen) atoms. The average molecular weight is 350 g/mol. The van der Waals surface area contributed by atoms with Crippen molar-refractivity contribution in [2.45, 2.75) is 38.1 Å². The van der Waals surface area contributed by atoms with Crippen molar-refractivity contribution in [2.24, 2.45) is 0 Å². The van der Waals surface area contributed by atoms with Crippen molar-refractivity contribution in [2.75, 3.05) is 25.5 Å². The zero-order chi connectivity index (χ0) is 17.9. The van der Waals surface area contributed by atoms with E-state index >= 15 is 0 Å². The first-order chi connectivity index (χ1) is 12.7. The molecule has 0 radical (unpaired) electrons. The summed E-state index contributed by atoms with van der Waals surface area (Å²) in [5.74, 6) is 0.461. The van der Waals surface area contributed by atoms with Gasteiger partial charge < -0.3 is 10.1 Å². The van der Waals surface area contributed by atoms with Crippen LogP contribution < -0.4 is 10.1 Å². The Hall–Kier alpha value is -2.33. The smallest absolute Gasteiger partial charge is 0.259 e. The highest BCUT2D eigenvalue weighted by molar-refractivity contribution is 6.06. The van der Waals surface area contributed by atoms with Gasteiger partial charge in [0.05, 0.1) is 12.7 Å². The maximum Gasteiger partial charge on any atom is 0.259 e. The molecule has 0 atom stereocenters. The molecule has 1 heterocycles. The van der Waals surface area contributed by atoms with Crippen LogP contribution >= 0.6 is 0 Å². The number of anilines is 1. The summed E-state index contributed by atoms with van der Waals surface area (Å²) in [6, 6.07) is 14.5. The first-order valence-electron chi connectivity index (χ1n) is 9.55. The van der Waals surface area contributed by atoms with E-state index in [1.807, 2.05) is 18.2 Å². The number of carbonyl (C=O) groups is 1. The number of hydrogen-bond donors (Lipinski definition) is 1. The molecule has 0 unspecified atom stereocenters. The lowest BCUT2D eigenvalue weighted by molar-refractivity contribution is 0.102. The predicted octanol–water partition coefficient (Wildman–Crippen LogP) is 3.90. The van der Waals surface area contributed by atoms with Crippen LogP contribution in [0.25, 0.3) is 0 Å². The number of nitrogens with one attached hydrogen (secondary N) is 1. The second-order valence-corrected chi connectivity index (χ2v) is 7.26. The molecule has 0 spiro atoms. The molecule has 4 nitrogen and oxygen atoms in total. The molecule has 136 valence electrons. The third-order valence-corrected chi connectivity index (χ3v) is 5.74. The second-order valence-electron chi connectivity index (χ2n) is 7.26. The van der Waals surface area contributed by atoms with Gasteiger partial charge in [-0.3, -0.25) is 9.69 Å². The molecule has 0 bridgehead atoms. The molecule has 1 aliphatic carbocycles. The highest BCUT2D eigenvalue weighted by atomic mass is 16.5. The first kappa shape index (κ1) is 17.1. The van der Waals surface area contributed by atoms with E-state index in [2.05, 4.69) is 22.3 Å². The van der Waals surface area contributed by atoms with Crippen LogP contribution in [-0.4, -0.2) is 37.0 Å². The van der Waals surface area contributed by atoms with Gasteiger partial charge in [-0.1, -0.05) is 24.6 Å². The summed E-state index contributed by atoms with van der Waals surface area (Å²) in [4.78, 5) is 15.3. The molecule has 2 aliphatic rings. The molecule has 2 aromatic carbocycles. The fourth-order valence-corrected chi connectivity index (χ4v) is 3.97. The second kappa shape index (κ2) is 7.50. The Labute approximate surface area is 155 Å². The van der Waals surface area contributed by atoms with Gasteiger partial charge in [-0.05, 0) is 61.1 Å². The number of para-hydroxylation sites is 1. The van der Waals surface area contributed by atoms with E-state index in [1.54, 1.807) is 19.2 Å². The third kappa shape index (κ3) is 3.47. The Kier molecular flexibility index (Phi) is 4.93. The largest absolute Gasteiger partial charge is 0.496 e. The van der Waals surface area contributed by atoms with Gasteiger partial charge in [0.1, 0.15) is 5.75 Å². The maximum absolute atomic E-state index is 12.6. The Morgan fingerprint density at radius 2 is 1.85 bits per heavy atom. The number of nitrogens with zero attached hydrogens (tertiary/aromatic N) is 1. The zero-order valence-electron chi connectivity index (χ0n) is 15.3. The highest BCUT2D eigenvalue weighted by Crippen LogP contribution is 2.28. The lowest BCUT2D eigenvalue weighted by atomic mass is 9.91. The van der Waals surface area contributed by atoms with Crippen molar-refractivity contribution in [1.82, 2.24) is 4.90 Å². The number of carbonyl (C=O) groups excluding carboxylic acids is 1. The number of fused-ring (bicyclic) bond motifs is 1. The molecule has 1 fully saturated rings. The van der Waals surface area contributed by atoms with E-state index in [-0.39, 0.29) is 5.91 Å². The van der Waals surface area contributed by atoms with Crippen molar-refractivity contribution in [3.05, 3.63) is 59.2 Å². The summed E-state index contributed by atoms with van der Waals surface area (Å²) >= 11 is 0. The lowest BCUT2D eigenvalue weighted by Gasteiger charge is -2.36. The molecule has 0 saturated heterocycles. The van der Waals surface area contributed by atoms with Gasteiger partial charge in [-0.25, -0.2) is 0 Å². The van der Waals surface area contributed by atoms with Crippen LogP contribution in [-0.2, 0) is 12.8 Å². The molecule has 1 amide bonds. The van der Waals surface area contributed by atoms with Crippen LogP contribution in [0.5, 0.6) is 5.75 Å². The summed E-state index contributed by atoms with van der Waals surface area (Å²) in [6.07, 6.45) is 6.26. The third-order valence-electron chi connectivity index (χ3n) is 5.74. The molecule has 0 aromatic heterocycles.